The van der Waals surface area contributed by atoms with E-state index in [1.54, 1.807) is 5.57 Å². The molecule has 90 valence electrons. The van der Waals surface area contributed by atoms with Crippen LogP contribution >= 0.6 is 0 Å². The van der Waals surface area contributed by atoms with Gasteiger partial charge < -0.3 is 5.11 Å². The molecule has 2 aliphatic rings. The molecule has 1 saturated carbocycles. The van der Waals surface area contributed by atoms with Crippen molar-refractivity contribution in [1.29, 1.82) is 0 Å². The molecule has 2 unspecified atom stereocenters. The van der Waals surface area contributed by atoms with Crippen molar-refractivity contribution < 1.29 is 5.11 Å². The Morgan fingerprint density at radius 3 is 2.94 bits per heavy atom. The molecule has 2 rings (SSSR count). The molecule has 16 heavy (non-hydrogen) atoms. The summed E-state index contributed by atoms with van der Waals surface area (Å²) in [6, 6.07) is 0. The zero-order valence-electron chi connectivity index (χ0n) is 10.8. The van der Waals surface area contributed by atoms with Crippen molar-refractivity contribution in [3.63, 3.8) is 0 Å². The van der Waals surface area contributed by atoms with E-state index in [9.17, 15) is 5.11 Å². The molecule has 1 fully saturated rings. The monoisotopic (exact) mass is 220 g/mol. The fraction of sp³-hybridized carbons (Fsp3) is 0.733. The molecule has 1 N–H and O–H groups in total. The first-order chi connectivity index (χ1) is 7.60. The smallest absolute Gasteiger partial charge is 0.0641 e. The average molecular weight is 220 g/mol. The summed E-state index contributed by atoms with van der Waals surface area (Å²) in [4.78, 5) is 0. The summed E-state index contributed by atoms with van der Waals surface area (Å²) < 4.78 is 0. The quantitative estimate of drug-likeness (QED) is 0.666. The second-order valence-electron chi connectivity index (χ2n) is 5.74. The molecule has 0 radical (unpaired) electrons. The zero-order chi connectivity index (χ0) is 11.8. The second-order valence-corrected chi connectivity index (χ2v) is 5.74. The first-order valence-electron chi connectivity index (χ1n) is 6.56. The molecule has 0 aromatic carbocycles. The highest BCUT2D eigenvalue weighted by atomic mass is 16.3. The zero-order valence-corrected chi connectivity index (χ0v) is 10.8. The van der Waals surface area contributed by atoms with Crippen molar-refractivity contribution >= 4 is 0 Å². The van der Waals surface area contributed by atoms with Crippen LogP contribution in [0.15, 0.2) is 22.8 Å². The van der Waals surface area contributed by atoms with Crippen molar-refractivity contribution in [2.75, 3.05) is 6.61 Å². The topological polar surface area (TPSA) is 20.2 Å². The normalized spacial score (nSPS) is 37.8. The molecule has 0 aliphatic heterocycles. The van der Waals surface area contributed by atoms with E-state index in [0.29, 0.717) is 5.41 Å². The van der Waals surface area contributed by atoms with Crippen LogP contribution in [0.4, 0.5) is 0 Å². The highest BCUT2D eigenvalue weighted by Gasteiger charge is 2.43. The maximum absolute atomic E-state index is 9.24. The van der Waals surface area contributed by atoms with Crippen LogP contribution in [-0.2, 0) is 0 Å². The van der Waals surface area contributed by atoms with E-state index in [-0.39, 0.29) is 6.61 Å². The predicted molar refractivity (Wildman–Crippen MR) is 68.2 cm³/mol. The highest BCUT2D eigenvalue weighted by Crippen LogP contribution is 2.55. The third-order valence-electron chi connectivity index (χ3n) is 5.02. The average Bonchev–Trinajstić information content (AvgIpc) is 2.72. The number of hydrogen-bond donors (Lipinski definition) is 1. The first-order valence-corrected chi connectivity index (χ1v) is 6.56. The second kappa shape index (κ2) is 4.37. The molecular weight excluding hydrogens is 196 g/mol. The Labute approximate surface area is 99.3 Å². The van der Waals surface area contributed by atoms with Crippen LogP contribution in [0.5, 0.6) is 0 Å². The molecule has 2 atom stereocenters. The summed E-state index contributed by atoms with van der Waals surface area (Å²) in [5.41, 5.74) is 4.77. The van der Waals surface area contributed by atoms with E-state index in [4.69, 9.17) is 0 Å². The lowest BCUT2D eigenvalue weighted by Gasteiger charge is -2.40. The Morgan fingerprint density at radius 2 is 2.31 bits per heavy atom. The van der Waals surface area contributed by atoms with Crippen LogP contribution in [0.25, 0.3) is 0 Å². The van der Waals surface area contributed by atoms with Crippen molar-refractivity contribution in [3.8, 4) is 0 Å². The summed E-state index contributed by atoms with van der Waals surface area (Å²) in [5.74, 6) is 0.807. The first kappa shape index (κ1) is 11.9. The SMILES string of the molecule is CC1=CCCC(C)C12CC/C(=C(\C)CO)C2. The fourth-order valence-corrected chi connectivity index (χ4v) is 3.58. The van der Waals surface area contributed by atoms with Crippen molar-refractivity contribution in [2.45, 2.75) is 52.9 Å². The molecule has 0 heterocycles. The van der Waals surface area contributed by atoms with Crippen LogP contribution in [0.1, 0.15) is 52.9 Å². The Kier molecular flexibility index (Phi) is 3.25. The summed E-state index contributed by atoms with van der Waals surface area (Å²) in [5, 5.41) is 9.24. The standard InChI is InChI=1S/C15H24O/c1-11(10-16)14-7-8-15(9-14)12(2)5-4-6-13(15)3/h5,13,16H,4,6-10H2,1-3H3/b14-11-. The van der Waals surface area contributed by atoms with Crippen LogP contribution in [0, 0.1) is 11.3 Å². The van der Waals surface area contributed by atoms with Gasteiger partial charge >= 0.3 is 0 Å². The maximum Gasteiger partial charge on any atom is 0.0641 e. The van der Waals surface area contributed by atoms with E-state index in [2.05, 4.69) is 26.8 Å². The molecule has 0 amide bonds. The van der Waals surface area contributed by atoms with Crippen LogP contribution in [-0.4, -0.2) is 11.7 Å². The number of rotatable bonds is 1. The van der Waals surface area contributed by atoms with Gasteiger partial charge in [0.25, 0.3) is 0 Å². The predicted octanol–water partition coefficient (Wildman–Crippen LogP) is 3.84. The van der Waals surface area contributed by atoms with Crippen LogP contribution in [0.3, 0.4) is 0 Å². The lowest BCUT2D eigenvalue weighted by Crippen LogP contribution is -2.29. The van der Waals surface area contributed by atoms with E-state index < -0.39 is 0 Å². The molecule has 0 bridgehead atoms. The van der Waals surface area contributed by atoms with Gasteiger partial charge in [-0.15, -0.1) is 0 Å². The number of aliphatic hydroxyl groups excluding tert-OH is 1. The molecule has 1 nitrogen and oxygen atoms in total. The van der Waals surface area contributed by atoms with Gasteiger partial charge in [-0.3, -0.25) is 0 Å². The lowest BCUT2D eigenvalue weighted by atomic mass is 9.65. The van der Waals surface area contributed by atoms with Gasteiger partial charge in [-0.2, -0.15) is 0 Å². The minimum Gasteiger partial charge on any atom is -0.392 e. The van der Waals surface area contributed by atoms with E-state index in [1.807, 2.05) is 0 Å². The maximum atomic E-state index is 9.24. The van der Waals surface area contributed by atoms with Gasteiger partial charge in [-0.1, -0.05) is 24.1 Å². The largest absolute Gasteiger partial charge is 0.392 e. The van der Waals surface area contributed by atoms with Gasteiger partial charge in [0.05, 0.1) is 6.61 Å². The fourth-order valence-electron chi connectivity index (χ4n) is 3.58. The molecule has 2 aliphatic carbocycles. The van der Waals surface area contributed by atoms with Crippen molar-refractivity contribution in [1.82, 2.24) is 0 Å². The molecular formula is C15H24O. The van der Waals surface area contributed by atoms with Gasteiger partial charge in [0.15, 0.2) is 0 Å². The molecule has 1 spiro atoms. The summed E-state index contributed by atoms with van der Waals surface area (Å²) in [6.45, 7) is 7.05. The number of aliphatic hydroxyl groups is 1. The molecule has 0 saturated heterocycles. The minimum absolute atomic E-state index is 0.239. The van der Waals surface area contributed by atoms with Gasteiger partial charge in [0.2, 0.25) is 0 Å². The Balaban J connectivity index is 2.29. The van der Waals surface area contributed by atoms with Gasteiger partial charge in [0.1, 0.15) is 0 Å². The lowest BCUT2D eigenvalue weighted by molar-refractivity contribution is 0.213. The van der Waals surface area contributed by atoms with Gasteiger partial charge in [-0.25, -0.2) is 0 Å². The van der Waals surface area contributed by atoms with Crippen molar-refractivity contribution in [3.05, 3.63) is 22.8 Å². The van der Waals surface area contributed by atoms with Crippen molar-refractivity contribution in [2.24, 2.45) is 11.3 Å². The number of allylic oxidation sites excluding steroid dienone is 3. The Bertz CT molecular complexity index is 337. The number of hydrogen-bond acceptors (Lipinski definition) is 1. The summed E-state index contributed by atoms with van der Waals surface area (Å²) >= 11 is 0. The molecule has 0 aromatic rings. The van der Waals surface area contributed by atoms with E-state index >= 15 is 0 Å². The Hall–Kier alpha value is -0.560. The third-order valence-corrected chi connectivity index (χ3v) is 5.02. The van der Waals surface area contributed by atoms with Gasteiger partial charge in [0, 0.05) is 0 Å². The van der Waals surface area contributed by atoms with Crippen LogP contribution in [0.2, 0.25) is 0 Å². The molecule has 0 aromatic heterocycles. The molecule has 1 heteroatoms. The van der Waals surface area contributed by atoms with E-state index in [0.717, 1.165) is 5.92 Å². The third kappa shape index (κ3) is 1.75. The summed E-state index contributed by atoms with van der Waals surface area (Å²) in [7, 11) is 0. The summed E-state index contributed by atoms with van der Waals surface area (Å²) in [6.07, 6.45) is 8.72. The highest BCUT2D eigenvalue weighted by molar-refractivity contribution is 5.29. The Morgan fingerprint density at radius 1 is 1.56 bits per heavy atom. The van der Waals surface area contributed by atoms with Crippen LogP contribution < -0.4 is 0 Å². The van der Waals surface area contributed by atoms with E-state index in [1.165, 1.54) is 43.3 Å². The van der Waals surface area contributed by atoms with Gasteiger partial charge in [-0.05, 0) is 62.9 Å². The minimum atomic E-state index is 0.239.